The number of hydrogen-bond acceptors (Lipinski definition) is 5. The number of nitrogens with zero attached hydrogens (tertiary/aromatic N) is 2. The van der Waals surface area contributed by atoms with Gasteiger partial charge in [0.2, 0.25) is 15.9 Å². The van der Waals surface area contributed by atoms with Gasteiger partial charge >= 0.3 is 0 Å². The van der Waals surface area contributed by atoms with Gasteiger partial charge in [-0.25, -0.2) is 8.42 Å². The van der Waals surface area contributed by atoms with Crippen LogP contribution in [-0.2, 0) is 21.2 Å². The number of ether oxygens (including phenoxy) is 1. The van der Waals surface area contributed by atoms with E-state index in [9.17, 15) is 13.2 Å². The van der Waals surface area contributed by atoms with E-state index in [1.165, 1.54) is 0 Å². The average Bonchev–Trinajstić information content (AvgIpc) is 2.78. The average molecular weight is 482 g/mol. The summed E-state index contributed by atoms with van der Waals surface area (Å²) in [5.74, 6) is 0.830. The molecule has 0 bridgehead atoms. The maximum atomic E-state index is 12.8. The Morgan fingerprint density at radius 3 is 2.22 bits per heavy atom. The molecule has 0 aliphatic carbocycles. The van der Waals surface area contributed by atoms with Crippen molar-refractivity contribution in [1.82, 2.24) is 14.5 Å². The fourth-order valence-corrected chi connectivity index (χ4v) is 4.97. The van der Waals surface area contributed by atoms with Gasteiger partial charge in [0.25, 0.3) is 0 Å². The van der Waals surface area contributed by atoms with Gasteiger partial charge in [-0.15, -0.1) is 12.4 Å². The van der Waals surface area contributed by atoms with Crippen LogP contribution in [0.3, 0.4) is 0 Å². The van der Waals surface area contributed by atoms with Crippen LogP contribution in [0, 0.1) is 6.92 Å². The van der Waals surface area contributed by atoms with Crippen molar-refractivity contribution >= 4 is 28.3 Å². The molecule has 0 spiro atoms. The Morgan fingerprint density at radius 2 is 1.62 bits per heavy atom. The highest BCUT2D eigenvalue weighted by Gasteiger charge is 2.28. The summed E-state index contributed by atoms with van der Waals surface area (Å²) >= 11 is 0. The van der Waals surface area contributed by atoms with Crippen molar-refractivity contribution in [3.8, 4) is 5.75 Å². The summed E-state index contributed by atoms with van der Waals surface area (Å²) < 4.78 is 32.2. The maximum Gasteiger partial charge on any atom is 0.243 e. The molecule has 1 N–H and O–H groups in total. The van der Waals surface area contributed by atoms with Crippen molar-refractivity contribution in [1.29, 1.82) is 0 Å². The van der Waals surface area contributed by atoms with Gasteiger partial charge in [0.1, 0.15) is 5.75 Å². The lowest BCUT2D eigenvalue weighted by Crippen LogP contribution is -2.50. The molecule has 1 aliphatic heterocycles. The number of carbonyl (C=O) groups is 1. The van der Waals surface area contributed by atoms with Crippen molar-refractivity contribution in [2.24, 2.45) is 0 Å². The molecule has 2 aromatic rings. The Bertz CT molecular complexity index is 958. The topological polar surface area (TPSA) is 79.0 Å². The predicted molar refractivity (Wildman–Crippen MR) is 128 cm³/mol. The molecule has 7 nitrogen and oxygen atoms in total. The molecule has 0 saturated carbocycles. The number of aryl methyl sites for hydroxylation is 2. The maximum absolute atomic E-state index is 12.8. The van der Waals surface area contributed by atoms with Crippen LogP contribution in [0.2, 0.25) is 0 Å². The Balaban J connectivity index is 0.00000363. The zero-order chi connectivity index (χ0) is 22.3. The normalized spacial score (nSPS) is 15.1. The van der Waals surface area contributed by atoms with Crippen molar-refractivity contribution in [3.63, 3.8) is 0 Å². The quantitative estimate of drug-likeness (QED) is 0.595. The number of halogens is 1. The third-order valence-corrected chi connectivity index (χ3v) is 7.45. The first-order valence-corrected chi connectivity index (χ1v) is 12.0. The number of carbonyl (C=O) groups excluding carboxylic acids is 1. The van der Waals surface area contributed by atoms with Gasteiger partial charge in [-0.2, -0.15) is 4.31 Å². The molecular weight excluding hydrogens is 450 g/mol. The van der Waals surface area contributed by atoms with E-state index in [1.54, 1.807) is 23.5 Å². The molecule has 1 amide bonds. The SMILES string of the molecule is COc1ccc(CCC(=O)NCCN2CCN(S(=O)(=O)c3ccc(C)cc3)CC2)cc1.Cl. The minimum atomic E-state index is -3.45. The second-order valence-corrected chi connectivity index (χ2v) is 9.69. The zero-order valence-corrected chi connectivity index (χ0v) is 20.3. The van der Waals surface area contributed by atoms with Crippen LogP contribution < -0.4 is 10.1 Å². The van der Waals surface area contributed by atoms with Gasteiger partial charge in [0.15, 0.2) is 0 Å². The Hall–Kier alpha value is -2.13. The molecule has 176 valence electrons. The van der Waals surface area contributed by atoms with Crippen LogP contribution >= 0.6 is 12.4 Å². The third-order valence-electron chi connectivity index (χ3n) is 5.54. The fraction of sp³-hybridized carbons (Fsp3) is 0.435. The summed E-state index contributed by atoms with van der Waals surface area (Å²) in [6, 6.07) is 14.7. The van der Waals surface area contributed by atoms with E-state index >= 15 is 0 Å². The lowest BCUT2D eigenvalue weighted by Gasteiger charge is -2.34. The summed E-state index contributed by atoms with van der Waals surface area (Å²) in [7, 11) is -1.82. The van der Waals surface area contributed by atoms with Crippen LogP contribution in [0.1, 0.15) is 17.5 Å². The van der Waals surface area contributed by atoms with E-state index in [4.69, 9.17) is 4.74 Å². The number of amides is 1. The number of sulfonamides is 1. The number of piperazine rings is 1. The van der Waals surface area contributed by atoms with Crippen LogP contribution in [0.25, 0.3) is 0 Å². The smallest absolute Gasteiger partial charge is 0.243 e. The highest BCUT2D eigenvalue weighted by atomic mass is 35.5. The standard InChI is InChI=1S/C23H31N3O4S.ClH/c1-19-3-10-22(11-4-19)31(28,29)26-17-15-25(16-18-26)14-13-24-23(27)12-7-20-5-8-21(30-2)9-6-20;/h3-6,8-11H,7,12-18H2,1-2H3,(H,24,27);1H. The summed E-state index contributed by atoms with van der Waals surface area (Å²) in [4.78, 5) is 14.6. The monoisotopic (exact) mass is 481 g/mol. The number of nitrogens with one attached hydrogen (secondary N) is 1. The van der Waals surface area contributed by atoms with E-state index < -0.39 is 10.0 Å². The minimum absolute atomic E-state index is 0. The van der Waals surface area contributed by atoms with E-state index in [2.05, 4.69) is 10.2 Å². The van der Waals surface area contributed by atoms with Gasteiger partial charge in [-0.3, -0.25) is 9.69 Å². The second-order valence-electron chi connectivity index (χ2n) is 7.76. The summed E-state index contributed by atoms with van der Waals surface area (Å²) in [5, 5.41) is 2.96. The largest absolute Gasteiger partial charge is 0.497 e. The molecule has 32 heavy (non-hydrogen) atoms. The van der Waals surface area contributed by atoms with Crippen LogP contribution in [-0.4, -0.2) is 69.9 Å². The Labute approximate surface area is 197 Å². The van der Waals surface area contributed by atoms with Crippen molar-refractivity contribution in [2.75, 3.05) is 46.4 Å². The van der Waals surface area contributed by atoms with Crippen LogP contribution in [0.15, 0.2) is 53.4 Å². The van der Waals surface area contributed by atoms with Crippen LogP contribution in [0.4, 0.5) is 0 Å². The molecule has 0 atom stereocenters. The number of benzene rings is 2. The lowest BCUT2D eigenvalue weighted by molar-refractivity contribution is -0.121. The molecule has 9 heteroatoms. The Morgan fingerprint density at radius 1 is 1.00 bits per heavy atom. The number of hydrogen-bond donors (Lipinski definition) is 1. The Kier molecular flexibility index (Phi) is 9.96. The van der Waals surface area contributed by atoms with Gasteiger partial charge in [0, 0.05) is 45.7 Å². The van der Waals surface area contributed by atoms with Gasteiger partial charge in [-0.05, 0) is 43.2 Å². The van der Waals surface area contributed by atoms with Crippen molar-refractivity contribution in [2.45, 2.75) is 24.7 Å². The predicted octanol–water partition coefficient (Wildman–Crippen LogP) is 2.48. The van der Waals surface area contributed by atoms with Crippen molar-refractivity contribution < 1.29 is 17.9 Å². The molecule has 1 fully saturated rings. The minimum Gasteiger partial charge on any atom is -0.497 e. The van der Waals surface area contributed by atoms with E-state index in [0.29, 0.717) is 57.0 Å². The molecule has 0 unspecified atom stereocenters. The first-order valence-electron chi connectivity index (χ1n) is 10.6. The number of methoxy groups -OCH3 is 1. The molecule has 1 aliphatic rings. The molecular formula is C23H32ClN3O4S. The molecule has 0 aromatic heterocycles. The third kappa shape index (κ3) is 7.20. The summed E-state index contributed by atoms with van der Waals surface area (Å²) in [6.07, 6.45) is 1.13. The fourth-order valence-electron chi connectivity index (χ4n) is 3.54. The summed E-state index contributed by atoms with van der Waals surface area (Å²) in [5.41, 5.74) is 2.14. The molecule has 1 saturated heterocycles. The highest BCUT2D eigenvalue weighted by molar-refractivity contribution is 7.89. The number of rotatable bonds is 9. The van der Waals surface area contributed by atoms with Gasteiger partial charge in [-0.1, -0.05) is 29.8 Å². The van der Waals surface area contributed by atoms with Gasteiger partial charge in [0.05, 0.1) is 12.0 Å². The molecule has 1 heterocycles. The molecule has 0 radical (unpaired) electrons. The first-order chi connectivity index (χ1) is 14.9. The second kappa shape index (κ2) is 12.2. The van der Waals surface area contributed by atoms with Crippen molar-refractivity contribution in [3.05, 3.63) is 59.7 Å². The summed E-state index contributed by atoms with van der Waals surface area (Å²) in [6.45, 7) is 5.45. The zero-order valence-electron chi connectivity index (χ0n) is 18.6. The van der Waals surface area contributed by atoms with Crippen LogP contribution in [0.5, 0.6) is 5.75 Å². The first kappa shape index (κ1) is 26.1. The molecule has 2 aromatic carbocycles. The van der Waals surface area contributed by atoms with E-state index in [-0.39, 0.29) is 18.3 Å². The van der Waals surface area contributed by atoms with Gasteiger partial charge < -0.3 is 10.1 Å². The highest BCUT2D eigenvalue weighted by Crippen LogP contribution is 2.18. The van der Waals surface area contributed by atoms with E-state index in [0.717, 1.165) is 16.9 Å². The van der Waals surface area contributed by atoms with E-state index in [1.807, 2.05) is 43.3 Å². The molecule has 3 rings (SSSR count). The lowest BCUT2D eigenvalue weighted by atomic mass is 10.1.